The molecule has 0 saturated heterocycles. The standard InChI is InChI=1S/C12H22O3/c1-11(13)9-7-5-3-2-4-6-8-10-12(14)15/h6,8,11,13H,2-5,7,9-10H2,1H3,(H,14,15)/b8-6+. The van der Waals surface area contributed by atoms with Crippen LogP contribution in [0.2, 0.25) is 0 Å². The molecule has 0 aromatic heterocycles. The van der Waals surface area contributed by atoms with Gasteiger partial charge in [-0.1, -0.05) is 31.4 Å². The fourth-order valence-corrected chi connectivity index (χ4v) is 1.36. The average Bonchev–Trinajstić information content (AvgIpc) is 2.14. The molecule has 0 aliphatic heterocycles. The SMILES string of the molecule is CC(O)CCCCCC/C=C/CC(=O)O. The summed E-state index contributed by atoms with van der Waals surface area (Å²) in [6.45, 7) is 1.81. The number of rotatable bonds is 9. The van der Waals surface area contributed by atoms with Gasteiger partial charge in [0, 0.05) is 0 Å². The van der Waals surface area contributed by atoms with Crippen LogP contribution in [0, 0.1) is 0 Å². The van der Waals surface area contributed by atoms with Gasteiger partial charge in [-0.05, 0) is 26.2 Å². The molecule has 0 spiro atoms. The van der Waals surface area contributed by atoms with Crippen molar-refractivity contribution in [2.24, 2.45) is 0 Å². The highest BCUT2D eigenvalue weighted by molar-refractivity contribution is 5.68. The Hall–Kier alpha value is -0.830. The minimum Gasteiger partial charge on any atom is -0.481 e. The monoisotopic (exact) mass is 214 g/mol. The Morgan fingerprint density at radius 2 is 1.87 bits per heavy atom. The number of unbranched alkanes of at least 4 members (excludes halogenated alkanes) is 4. The molecule has 0 bridgehead atoms. The Balaban J connectivity index is 3.11. The molecule has 0 aromatic carbocycles. The van der Waals surface area contributed by atoms with E-state index in [1.165, 1.54) is 0 Å². The molecule has 2 N–H and O–H groups in total. The number of carboxylic acid groups (broad SMARTS) is 1. The van der Waals surface area contributed by atoms with Crippen LogP contribution in [0.25, 0.3) is 0 Å². The lowest BCUT2D eigenvalue weighted by molar-refractivity contribution is -0.136. The number of hydrogen-bond acceptors (Lipinski definition) is 2. The van der Waals surface area contributed by atoms with Crippen LogP contribution < -0.4 is 0 Å². The van der Waals surface area contributed by atoms with Gasteiger partial charge < -0.3 is 10.2 Å². The number of carbonyl (C=O) groups is 1. The van der Waals surface area contributed by atoms with Crippen molar-refractivity contribution >= 4 is 5.97 Å². The number of aliphatic carboxylic acids is 1. The van der Waals surface area contributed by atoms with Gasteiger partial charge >= 0.3 is 5.97 Å². The molecule has 0 rings (SSSR count). The number of aliphatic hydroxyl groups excluding tert-OH is 1. The lowest BCUT2D eigenvalue weighted by Crippen LogP contribution is -1.98. The van der Waals surface area contributed by atoms with Crippen molar-refractivity contribution < 1.29 is 15.0 Å². The highest BCUT2D eigenvalue weighted by Crippen LogP contribution is 2.07. The van der Waals surface area contributed by atoms with Crippen LogP contribution in [0.1, 0.15) is 51.9 Å². The second-order valence-corrected chi connectivity index (χ2v) is 3.91. The molecule has 0 aliphatic rings. The maximum absolute atomic E-state index is 10.2. The van der Waals surface area contributed by atoms with E-state index < -0.39 is 5.97 Å². The largest absolute Gasteiger partial charge is 0.481 e. The first-order valence-corrected chi connectivity index (χ1v) is 5.67. The Morgan fingerprint density at radius 1 is 1.20 bits per heavy atom. The summed E-state index contributed by atoms with van der Waals surface area (Å²) < 4.78 is 0. The van der Waals surface area contributed by atoms with E-state index in [1.807, 2.05) is 13.0 Å². The van der Waals surface area contributed by atoms with E-state index in [2.05, 4.69) is 0 Å². The van der Waals surface area contributed by atoms with Gasteiger partial charge in [-0.25, -0.2) is 0 Å². The Bertz CT molecular complexity index is 185. The Labute approximate surface area is 91.8 Å². The van der Waals surface area contributed by atoms with Gasteiger partial charge in [-0.2, -0.15) is 0 Å². The van der Waals surface area contributed by atoms with Crippen LogP contribution in [0.3, 0.4) is 0 Å². The van der Waals surface area contributed by atoms with Crippen LogP contribution in [-0.2, 0) is 4.79 Å². The molecule has 1 unspecified atom stereocenters. The number of allylic oxidation sites excluding steroid dienone is 1. The van der Waals surface area contributed by atoms with E-state index in [1.54, 1.807) is 6.08 Å². The summed E-state index contributed by atoms with van der Waals surface area (Å²) in [5.41, 5.74) is 0. The van der Waals surface area contributed by atoms with Gasteiger partial charge in [-0.3, -0.25) is 4.79 Å². The second kappa shape index (κ2) is 9.71. The molecule has 0 aromatic rings. The van der Waals surface area contributed by atoms with Crippen LogP contribution >= 0.6 is 0 Å². The van der Waals surface area contributed by atoms with Crippen molar-refractivity contribution in [3.05, 3.63) is 12.2 Å². The second-order valence-electron chi connectivity index (χ2n) is 3.91. The molecule has 88 valence electrons. The van der Waals surface area contributed by atoms with Crippen LogP contribution in [0.5, 0.6) is 0 Å². The first kappa shape index (κ1) is 14.2. The molecule has 0 heterocycles. The van der Waals surface area contributed by atoms with Crippen molar-refractivity contribution in [2.75, 3.05) is 0 Å². The number of aliphatic hydroxyl groups is 1. The maximum atomic E-state index is 10.2. The topological polar surface area (TPSA) is 57.5 Å². The predicted molar refractivity (Wildman–Crippen MR) is 60.8 cm³/mol. The summed E-state index contributed by atoms with van der Waals surface area (Å²) >= 11 is 0. The summed E-state index contributed by atoms with van der Waals surface area (Å²) in [5.74, 6) is -0.775. The van der Waals surface area contributed by atoms with Crippen molar-refractivity contribution in [2.45, 2.75) is 58.0 Å². The quantitative estimate of drug-likeness (QED) is 0.458. The molecule has 0 radical (unpaired) electrons. The molecule has 0 aliphatic carbocycles. The third kappa shape index (κ3) is 13.2. The maximum Gasteiger partial charge on any atom is 0.307 e. The number of carboxylic acids is 1. The van der Waals surface area contributed by atoms with E-state index in [0.717, 1.165) is 38.5 Å². The average molecular weight is 214 g/mol. The van der Waals surface area contributed by atoms with Gasteiger partial charge in [0.1, 0.15) is 0 Å². The molecular weight excluding hydrogens is 192 g/mol. The van der Waals surface area contributed by atoms with Crippen molar-refractivity contribution in [1.29, 1.82) is 0 Å². The van der Waals surface area contributed by atoms with Crippen molar-refractivity contribution in [1.82, 2.24) is 0 Å². The third-order valence-electron chi connectivity index (χ3n) is 2.20. The van der Waals surface area contributed by atoms with Crippen LogP contribution in [0.4, 0.5) is 0 Å². The van der Waals surface area contributed by atoms with Crippen molar-refractivity contribution in [3.8, 4) is 0 Å². The summed E-state index contributed by atoms with van der Waals surface area (Å²) in [5, 5.41) is 17.4. The van der Waals surface area contributed by atoms with Gasteiger partial charge in [0.2, 0.25) is 0 Å². The summed E-state index contributed by atoms with van der Waals surface area (Å²) in [6.07, 6.45) is 9.93. The molecule has 3 nitrogen and oxygen atoms in total. The first-order valence-electron chi connectivity index (χ1n) is 5.67. The molecule has 0 saturated carbocycles. The highest BCUT2D eigenvalue weighted by Gasteiger charge is 1.94. The molecule has 1 atom stereocenters. The van der Waals surface area contributed by atoms with E-state index in [9.17, 15) is 4.79 Å². The Morgan fingerprint density at radius 3 is 2.47 bits per heavy atom. The number of hydrogen-bond donors (Lipinski definition) is 2. The molecule has 0 amide bonds. The van der Waals surface area contributed by atoms with Gasteiger partial charge in [0.15, 0.2) is 0 Å². The molecule has 15 heavy (non-hydrogen) atoms. The zero-order chi connectivity index (χ0) is 11.5. The zero-order valence-corrected chi connectivity index (χ0v) is 9.48. The van der Waals surface area contributed by atoms with E-state index in [-0.39, 0.29) is 12.5 Å². The third-order valence-corrected chi connectivity index (χ3v) is 2.20. The van der Waals surface area contributed by atoms with E-state index in [4.69, 9.17) is 10.2 Å². The van der Waals surface area contributed by atoms with E-state index >= 15 is 0 Å². The highest BCUT2D eigenvalue weighted by atomic mass is 16.4. The van der Waals surface area contributed by atoms with Gasteiger partial charge in [-0.15, -0.1) is 0 Å². The summed E-state index contributed by atoms with van der Waals surface area (Å²) in [4.78, 5) is 10.2. The normalized spacial score (nSPS) is 13.2. The lowest BCUT2D eigenvalue weighted by atomic mass is 10.1. The summed E-state index contributed by atoms with van der Waals surface area (Å²) in [6, 6.07) is 0. The zero-order valence-electron chi connectivity index (χ0n) is 9.48. The van der Waals surface area contributed by atoms with Crippen molar-refractivity contribution in [3.63, 3.8) is 0 Å². The Kier molecular flexibility index (Phi) is 9.18. The lowest BCUT2D eigenvalue weighted by Gasteiger charge is -2.02. The van der Waals surface area contributed by atoms with Crippen LogP contribution in [0.15, 0.2) is 12.2 Å². The van der Waals surface area contributed by atoms with E-state index in [0.29, 0.717) is 0 Å². The molecular formula is C12H22O3. The molecule has 3 heteroatoms. The van der Waals surface area contributed by atoms with Gasteiger partial charge in [0.05, 0.1) is 12.5 Å². The summed E-state index contributed by atoms with van der Waals surface area (Å²) in [7, 11) is 0. The minimum absolute atomic E-state index is 0.127. The fraction of sp³-hybridized carbons (Fsp3) is 0.750. The minimum atomic E-state index is -0.775. The smallest absolute Gasteiger partial charge is 0.307 e. The van der Waals surface area contributed by atoms with Crippen LogP contribution in [-0.4, -0.2) is 22.3 Å². The van der Waals surface area contributed by atoms with Gasteiger partial charge in [0.25, 0.3) is 0 Å². The predicted octanol–water partition coefficient (Wildman–Crippen LogP) is 2.74. The fourth-order valence-electron chi connectivity index (χ4n) is 1.36. The first-order chi connectivity index (χ1) is 7.13. The molecule has 0 fully saturated rings.